The number of hydrogen-bond acceptors (Lipinski definition) is 3. The van der Waals surface area contributed by atoms with E-state index in [9.17, 15) is 4.79 Å². The highest BCUT2D eigenvalue weighted by atomic mass is 16.2. The van der Waals surface area contributed by atoms with Crippen LogP contribution in [0.15, 0.2) is 30.5 Å². The maximum absolute atomic E-state index is 12.5. The molecule has 5 heteroatoms. The molecule has 2 aromatic rings. The predicted molar refractivity (Wildman–Crippen MR) is 92.5 cm³/mol. The van der Waals surface area contributed by atoms with Crippen molar-refractivity contribution < 1.29 is 4.79 Å². The second-order valence-electron chi connectivity index (χ2n) is 7.01. The van der Waals surface area contributed by atoms with Gasteiger partial charge in [-0.2, -0.15) is 0 Å². The summed E-state index contributed by atoms with van der Waals surface area (Å²) in [5.74, 6) is 1.30. The van der Waals surface area contributed by atoms with E-state index in [1.807, 2.05) is 20.2 Å². The summed E-state index contributed by atoms with van der Waals surface area (Å²) in [6.45, 7) is 3.57. The number of hydrogen-bond donors (Lipinski definition) is 1. The van der Waals surface area contributed by atoms with Gasteiger partial charge in [-0.1, -0.05) is 24.3 Å². The van der Waals surface area contributed by atoms with Gasteiger partial charge < -0.3 is 14.8 Å². The van der Waals surface area contributed by atoms with Gasteiger partial charge in [-0.05, 0) is 30.9 Å². The summed E-state index contributed by atoms with van der Waals surface area (Å²) in [6, 6.07) is 9.13. The molecule has 126 valence electrons. The van der Waals surface area contributed by atoms with Gasteiger partial charge in [-0.15, -0.1) is 0 Å². The van der Waals surface area contributed by atoms with Crippen molar-refractivity contribution in [2.75, 3.05) is 6.54 Å². The van der Waals surface area contributed by atoms with Crippen molar-refractivity contribution in [3.8, 4) is 0 Å². The highest BCUT2D eigenvalue weighted by Crippen LogP contribution is 2.28. The SMILES string of the molecule is Cc1ncc(CN[C@H]2CC(=O)N(C3Cc4ccccc4C3)C2)n1C. The van der Waals surface area contributed by atoms with E-state index >= 15 is 0 Å². The molecule has 1 atom stereocenters. The van der Waals surface area contributed by atoms with E-state index in [0.717, 1.165) is 37.4 Å². The van der Waals surface area contributed by atoms with Crippen LogP contribution in [0.2, 0.25) is 0 Å². The number of nitrogens with one attached hydrogen (secondary N) is 1. The Morgan fingerprint density at radius 2 is 1.92 bits per heavy atom. The Morgan fingerprint density at radius 1 is 1.21 bits per heavy atom. The maximum Gasteiger partial charge on any atom is 0.224 e. The van der Waals surface area contributed by atoms with Gasteiger partial charge >= 0.3 is 0 Å². The number of aryl methyl sites for hydroxylation is 1. The molecule has 0 unspecified atom stereocenters. The molecule has 0 radical (unpaired) electrons. The fourth-order valence-electron chi connectivity index (χ4n) is 3.94. The maximum atomic E-state index is 12.5. The van der Waals surface area contributed by atoms with E-state index in [2.05, 4.69) is 44.0 Å². The number of carbonyl (C=O) groups excluding carboxylic acids is 1. The van der Waals surface area contributed by atoms with Crippen molar-refractivity contribution in [3.05, 3.63) is 53.1 Å². The van der Waals surface area contributed by atoms with Crippen molar-refractivity contribution in [3.63, 3.8) is 0 Å². The largest absolute Gasteiger partial charge is 0.337 e. The van der Waals surface area contributed by atoms with Crippen LogP contribution >= 0.6 is 0 Å². The first-order valence-corrected chi connectivity index (χ1v) is 8.68. The fourth-order valence-corrected chi connectivity index (χ4v) is 3.94. The van der Waals surface area contributed by atoms with Gasteiger partial charge in [0.1, 0.15) is 5.82 Å². The smallest absolute Gasteiger partial charge is 0.224 e. The minimum atomic E-state index is 0.233. The average molecular weight is 324 g/mol. The minimum absolute atomic E-state index is 0.233. The van der Waals surface area contributed by atoms with E-state index in [1.54, 1.807) is 0 Å². The molecule has 1 saturated heterocycles. The third-order valence-corrected chi connectivity index (χ3v) is 5.52. The zero-order chi connectivity index (χ0) is 16.7. The van der Waals surface area contributed by atoms with Gasteiger partial charge in [0.25, 0.3) is 0 Å². The number of likely N-dealkylation sites (tertiary alicyclic amines) is 1. The Balaban J connectivity index is 1.37. The Kier molecular flexibility index (Phi) is 3.88. The van der Waals surface area contributed by atoms with Crippen LogP contribution in [0.3, 0.4) is 0 Å². The molecule has 5 nitrogen and oxygen atoms in total. The van der Waals surface area contributed by atoms with Crippen LogP contribution in [-0.2, 0) is 31.2 Å². The topological polar surface area (TPSA) is 50.2 Å². The summed E-state index contributed by atoms with van der Waals surface area (Å²) in [4.78, 5) is 18.9. The molecule has 1 aliphatic carbocycles. The van der Waals surface area contributed by atoms with Gasteiger partial charge in [-0.3, -0.25) is 4.79 Å². The second kappa shape index (κ2) is 6.06. The number of aromatic nitrogens is 2. The molecule has 2 aliphatic rings. The summed E-state index contributed by atoms with van der Waals surface area (Å²) in [7, 11) is 2.03. The number of amides is 1. The van der Waals surface area contributed by atoms with Crippen molar-refractivity contribution in [2.45, 2.75) is 44.8 Å². The molecule has 1 aromatic carbocycles. The first-order chi connectivity index (χ1) is 11.6. The Morgan fingerprint density at radius 3 is 2.54 bits per heavy atom. The summed E-state index contributed by atoms with van der Waals surface area (Å²) < 4.78 is 2.09. The summed E-state index contributed by atoms with van der Waals surface area (Å²) in [5.41, 5.74) is 3.96. The van der Waals surface area contributed by atoms with Crippen LogP contribution in [0.25, 0.3) is 0 Å². The highest BCUT2D eigenvalue weighted by Gasteiger charge is 2.36. The fraction of sp³-hybridized carbons (Fsp3) is 0.474. The Bertz CT molecular complexity index is 741. The number of nitrogens with zero attached hydrogens (tertiary/aromatic N) is 3. The molecule has 1 amide bonds. The number of rotatable bonds is 4. The number of benzene rings is 1. The van der Waals surface area contributed by atoms with Gasteiger partial charge in [0.2, 0.25) is 5.91 Å². The van der Waals surface area contributed by atoms with Crippen LogP contribution in [0.5, 0.6) is 0 Å². The standard InChI is InChI=1S/C19H24N4O/c1-13-20-10-18(22(13)2)11-21-16-9-19(24)23(12-16)17-7-14-5-3-4-6-15(14)8-17/h3-6,10,16-17,21H,7-9,11-12H2,1-2H3/t16-/m0/s1. The lowest BCUT2D eigenvalue weighted by atomic mass is 10.1. The number of carbonyl (C=O) groups is 1. The van der Waals surface area contributed by atoms with Crippen LogP contribution < -0.4 is 5.32 Å². The molecular formula is C19H24N4O. The van der Waals surface area contributed by atoms with Crippen molar-refractivity contribution in [1.82, 2.24) is 19.8 Å². The van der Waals surface area contributed by atoms with Crippen LogP contribution in [0.1, 0.15) is 29.1 Å². The van der Waals surface area contributed by atoms with Gasteiger partial charge in [-0.25, -0.2) is 4.98 Å². The highest BCUT2D eigenvalue weighted by molar-refractivity contribution is 5.79. The lowest BCUT2D eigenvalue weighted by Crippen LogP contribution is -2.39. The van der Waals surface area contributed by atoms with Gasteiger partial charge in [0, 0.05) is 44.8 Å². The van der Waals surface area contributed by atoms with Crippen LogP contribution in [-0.4, -0.2) is 39.0 Å². The lowest BCUT2D eigenvalue weighted by molar-refractivity contribution is -0.129. The molecule has 2 heterocycles. The summed E-state index contributed by atoms with van der Waals surface area (Å²) in [6.07, 6.45) is 4.50. The molecule has 4 rings (SSSR count). The van der Waals surface area contributed by atoms with E-state index in [1.165, 1.54) is 11.1 Å². The van der Waals surface area contributed by atoms with Gasteiger partial charge in [0.15, 0.2) is 0 Å². The Hall–Kier alpha value is -2.14. The van der Waals surface area contributed by atoms with Crippen molar-refractivity contribution >= 4 is 5.91 Å². The molecule has 1 aromatic heterocycles. The molecule has 0 bridgehead atoms. The molecule has 1 fully saturated rings. The normalized spacial score (nSPS) is 20.8. The zero-order valence-electron chi connectivity index (χ0n) is 14.3. The third kappa shape index (κ3) is 2.73. The van der Waals surface area contributed by atoms with E-state index in [-0.39, 0.29) is 11.9 Å². The molecule has 0 spiro atoms. The molecule has 24 heavy (non-hydrogen) atoms. The molecule has 1 N–H and O–H groups in total. The zero-order valence-corrected chi connectivity index (χ0v) is 14.3. The summed E-state index contributed by atoms with van der Waals surface area (Å²) >= 11 is 0. The molecule has 0 saturated carbocycles. The van der Waals surface area contributed by atoms with E-state index < -0.39 is 0 Å². The first kappa shape index (κ1) is 15.4. The van der Waals surface area contributed by atoms with Crippen LogP contribution in [0.4, 0.5) is 0 Å². The number of imidazole rings is 1. The average Bonchev–Trinajstić information content (AvgIpc) is 3.24. The molecule has 1 aliphatic heterocycles. The van der Waals surface area contributed by atoms with Crippen molar-refractivity contribution in [1.29, 1.82) is 0 Å². The molecular weight excluding hydrogens is 300 g/mol. The minimum Gasteiger partial charge on any atom is -0.337 e. The lowest BCUT2D eigenvalue weighted by Gasteiger charge is -2.24. The monoisotopic (exact) mass is 324 g/mol. The number of fused-ring (bicyclic) bond motifs is 1. The Labute approximate surface area is 142 Å². The third-order valence-electron chi connectivity index (χ3n) is 5.52. The van der Waals surface area contributed by atoms with E-state index in [4.69, 9.17) is 0 Å². The van der Waals surface area contributed by atoms with E-state index in [0.29, 0.717) is 12.5 Å². The first-order valence-electron chi connectivity index (χ1n) is 8.68. The van der Waals surface area contributed by atoms with Crippen LogP contribution in [0, 0.1) is 6.92 Å². The predicted octanol–water partition coefficient (Wildman–Crippen LogP) is 1.59. The quantitative estimate of drug-likeness (QED) is 0.929. The van der Waals surface area contributed by atoms with Gasteiger partial charge in [0.05, 0.1) is 5.69 Å². The second-order valence-corrected chi connectivity index (χ2v) is 7.01. The summed E-state index contributed by atoms with van der Waals surface area (Å²) in [5, 5.41) is 3.53. The van der Waals surface area contributed by atoms with Crippen molar-refractivity contribution in [2.24, 2.45) is 7.05 Å².